The van der Waals surface area contributed by atoms with Gasteiger partial charge in [0.05, 0.1) is 10.8 Å². The maximum atomic E-state index is 12.1. The molecule has 0 atom stereocenters. The number of carbonyl (C=O) groups excluding carboxylic acids is 1. The Labute approximate surface area is 157 Å². The van der Waals surface area contributed by atoms with Crippen LogP contribution in [0.15, 0.2) is 43.8 Å². The number of thioether (sulfide) groups is 1. The van der Waals surface area contributed by atoms with Crippen LogP contribution < -0.4 is 21.5 Å². The largest absolute Gasteiger partial charge is 0.346 e. The van der Waals surface area contributed by atoms with E-state index in [0.717, 1.165) is 21.0 Å². The molecule has 0 bridgehead atoms. The zero-order chi connectivity index (χ0) is 19.5. The quantitative estimate of drug-likeness (QED) is 0.464. The second-order valence-electron chi connectivity index (χ2n) is 4.95. The first-order valence-corrected chi connectivity index (χ1v) is 9.80. The van der Waals surface area contributed by atoms with Gasteiger partial charge in [-0.3, -0.25) is 19.6 Å². The van der Waals surface area contributed by atoms with Crippen molar-refractivity contribution in [3.8, 4) is 0 Å². The van der Waals surface area contributed by atoms with Crippen LogP contribution >= 0.6 is 23.4 Å². The molecule has 1 heterocycles. The predicted molar refractivity (Wildman–Crippen MR) is 95.4 cm³/mol. The molecule has 13 heteroatoms. The minimum Gasteiger partial charge on any atom is -0.277 e. The van der Waals surface area contributed by atoms with E-state index >= 15 is 0 Å². The highest BCUT2D eigenvalue weighted by Gasteiger charge is 2.18. The van der Waals surface area contributed by atoms with Crippen LogP contribution in [0.25, 0.3) is 0 Å². The van der Waals surface area contributed by atoms with Gasteiger partial charge in [-0.1, -0.05) is 35.5 Å². The van der Waals surface area contributed by atoms with E-state index in [9.17, 15) is 22.8 Å². The van der Waals surface area contributed by atoms with Crippen LogP contribution in [0.3, 0.4) is 0 Å². The van der Waals surface area contributed by atoms with Crippen molar-refractivity contribution in [2.24, 2.45) is 14.1 Å². The Morgan fingerprint density at radius 2 is 1.92 bits per heavy atom. The summed E-state index contributed by atoms with van der Waals surface area (Å²) in [6.07, 6.45) is 0. The molecule has 0 aliphatic rings. The fourth-order valence-corrected chi connectivity index (χ4v) is 3.93. The fraction of sp³-hybridized carbons (Fsp3) is 0.231. The molecule has 0 saturated carbocycles. The summed E-state index contributed by atoms with van der Waals surface area (Å²) in [5, 5.41) is 3.70. The third-order valence-corrected chi connectivity index (χ3v) is 5.77. The number of nitrogens with one attached hydrogen (secondary N) is 2. The van der Waals surface area contributed by atoms with Gasteiger partial charge in [-0.15, -0.1) is 4.83 Å². The smallest absolute Gasteiger partial charge is 0.277 e. The SMILES string of the molecule is Cn1nc(SCC(=O)NNS(=O)(=O)c2ccccc2Cl)c(=O)n(C)c1=O. The first-order valence-electron chi connectivity index (χ1n) is 6.96. The first kappa shape index (κ1) is 20.2. The zero-order valence-corrected chi connectivity index (χ0v) is 16.0. The van der Waals surface area contributed by atoms with E-state index in [-0.39, 0.29) is 20.7 Å². The highest BCUT2D eigenvalue weighted by Crippen LogP contribution is 2.19. The third-order valence-electron chi connectivity index (χ3n) is 3.08. The number of hydrogen-bond acceptors (Lipinski definition) is 7. The Morgan fingerprint density at radius 1 is 1.27 bits per heavy atom. The highest BCUT2D eigenvalue weighted by molar-refractivity contribution is 7.99. The standard InChI is InChI=1S/C13H14ClN5O5S2/c1-18-12(21)11(16-19(2)13(18)22)25-7-10(20)15-17-26(23,24)9-6-4-3-5-8(9)14/h3-6,17H,7H2,1-2H3,(H,15,20). The molecule has 0 spiro atoms. The number of aromatic nitrogens is 3. The molecular formula is C13H14ClN5O5S2. The summed E-state index contributed by atoms with van der Waals surface area (Å²) in [6, 6.07) is 5.73. The van der Waals surface area contributed by atoms with E-state index in [1.165, 1.54) is 32.3 Å². The Hall–Kier alpha value is -2.15. The number of halogens is 1. The van der Waals surface area contributed by atoms with Crippen molar-refractivity contribution in [1.82, 2.24) is 24.6 Å². The monoisotopic (exact) mass is 419 g/mol. The number of aryl methyl sites for hydroxylation is 1. The van der Waals surface area contributed by atoms with E-state index in [4.69, 9.17) is 11.6 Å². The molecule has 140 valence electrons. The minimum absolute atomic E-state index is 0.00141. The molecule has 10 nitrogen and oxygen atoms in total. The highest BCUT2D eigenvalue weighted by atomic mass is 35.5. The summed E-state index contributed by atoms with van der Waals surface area (Å²) in [5.74, 6) is -1.02. The molecule has 2 aromatic rings. The number of sulfonamides is 1. The molecule has 1 aromatic carbocycles. The summed E-state index contributed by atoms with van der Waals surface area (Å²) in [4.78, 5) is 37.0. The van der Waals surface area contributed by atoms with Crippen LogP contribution in [0, 0.1) is 0 Å². The number of carbonyl (C=O) groups is 1. The zero-order valence-electron chi connectivity index (χ0n) is 13.6. The van der Waals surface area contributed by atoms with Gasteiger partial charge in [0.1, 0.15) is 4.90 Å². The van der Waals surface area contributed by atoms with Crippen LogP contribution in [0.1, 0.15) is 0 Å². The van der Waals surface area contributed by atoms with E-state index in [0.29, 0.717) is 0 Å². The maximum Gasteiger partial charge on any atom is 0.346 e. The molecule has 0 aliphatic carbocycles. The van der Waals surface area contributed by atoms with Crippen molar-refractivity contribution in [1.29, 1.82) is 0 Å². The van der Waals surface area contributed by atoms with Crippen molar-refractivity contribution in [2.45, 2.75) is 9.92 Å². The minimum atomic E-state index is -4.05. The van der Waals surface area contributed by atoms with Crippen molar-refractivity contribution in [3.05, 3.63) is 50.1 Å². The average Bonchev–Trinajstić information content (AvgIpc) is 2.60. The van der Waals surface area contributed by atoms with Gasteiger partial charge < -0.3 is 0 Å². The van der Waals surface area contributed by atoms with Gasteiger partial charge in [0, 0.05) is 14.1 Å². The lowest BCUT2D eigenvalue weighted by Gasteiger charge is -2.09. The van der Waals surface area contributed by atoms with Crippen molar-refractivity contribution >= 4 is 39.3 Å². The summed E-state index contributed by atoms with van der Waals surface area (Å²) in [5.41, 5.74) is 0.766. The van der Waals surface area contributed by atoms with Gasteiger partial charge in [0.25, 0.3) is 15.6 Å². The normalized spacial score (nSPS) is 11.3. The third kappa shape index (κ3) is 4.52. The number of nitrogens with zero attached hydrogens (tertiary/aromatic N) is 3. The van der Waals surface area contributed by atoms with Crippen molar-refractivity contribution < 1.29 is 13.2 Å². The van der Waals surface area contributed by atoms with Crippen LogP contribution in [0.2, 0.25) is 5.02 Å². The molecule has 0 aliphatic heterocycles. The van der Waals surface area contributed by atoms with E-state index in [1.54, 1.807) is 6.07 Å². The molecule has 0 radical (unpaired) electrons. The molecule has 0 fully saturated rings. The molecule has 0 unspecified atom stereocenters. The second-order valence-corrected chi connectivity index (χ2v) is 7.97. The Bertz CT molecular complexity index is 1060. The van der Waals surface area contributed by atoms with E-state index in [2.05, 4.69) is 5.10 Å². The Morgan fingerprint density at radius 3 is 2.58 bits per heavy atom. The van der Waals surface area contributed by atoms with Crippen LogP contribution in [-0.4, -0.2) is 34.4 Å². The second kappa shape index (κ2) is 8.03. The van der Waals surface area contributed by atoms with Gasteiger partial charge >= 0.3 is 5.69 Å². The molecule has 1 aromatic heterocycles. The Balaban J connectivity index is 2.02. The number of amides is 1. The van der Waals surface area contributed by atoms with E-state index < -0.39 is 27.2 Å². The molecule has 2 rings (SSSR count). The molecule has 2 N–H and O–H groups in total. The summed E-state index contributed by atoms with van der Waals surface area (Å²) < 4.78 is 26.0. The van der Waals surface area contributed by atoms with Gasteiger partial charge in [0.2, 0.25) is 5.91 Å². The number of hydrogen-bond donors (Lipinski definition) is 2. The number of rotatable bonds is 6. The average molecular weight is 420 g/mol. The van der Waals surface area contributed by atoms with Crippen LogP contribution in [0.4, 0.5) is 0 Å². The van der Waals surface area contributed by atoms with E-state index in [1.807, 2.05) is 10.3 Å². The predicted octanol–water partition coefficient (Wildman–Crippen LogP) is -0.766. The van der Waals surface area contributed by atoms with Crippen LogP contribution in [-0.2, 0) is 28.9 Å². The summed E-state index contributed by atoms with van der Waals surface area (Å²) >= 11 is 6.58. The number of hydrazine groups is 1. The lowest BCUT2D eigenvalue weighted by atomic mass is 10.4. The van der Waals surface area contributed by atoms with Gasteiger partial charge in [-0.2, -0.15) is 5.10 Å². The first-order chi connectivity index (χ1) is 12.1. The Kier molecular flexibility index (Phi) is 6.23. The summed E-state index contributed by atoms with van der Waals surface area (Å²) in [6.45, 7) is 0. The lowest BCUT2D eigenvalue weighted by molar-refractivity contribution is -0.119. The lowest BCUT2D eigenvalue weighted by Crippen LogP contribution is -2.43. The fourth-order valence-electron chi connectivity index (χ4n) is 1.77. The van der Waals surface area contributed by atoms with Crippen LogP contribution in [0.5, 0.6) is 0 Å². The topological polar surface area (TPSA) is 132 Å². The van der Waals surface area contributed by atoms with Gasteiger partial charge in [-0.25, -0.2) is 17.9 Å². The molecule has 1 amide bonds. The maximum absolute atomic E-state index is 12.1. The van der Waals surface area contributed by atoms with Crippen molar-refractivity contribution in [3.63, 3.8) is 0 Å². The van der Waals surface area contributed by atoms with Crippen molar-refractivity contribution in [2.75, 3.05) is 5.75 Å². The molecular weight excluding hydrogens is 406 g/mol. The molecule has 26 heavy (non-hydrogen) atoms. The number of benzene rings is 1. The van der Waals surface area contributed by atoms with Gasteiger partial charge in [0.15, 0.2) is 5.03 Å². The van der Waals surface area contributed by atoms with Gasteiger partial charge in [-0.05, 0) is 12.1 Å². The molecule has 0 saturated heterocycles. The summed E-state index contributed by atoms with van der Waals surface area (Å²) in [7, 11) is -1.40.